The van der Waals surface area contributed by atoms with Gasteiger partial charge in [-0.1, -0.05) is 12.1 Å². The number of benzene rings is 1. The Morgan fingerprint density at radius 2 is 2.00 bits per heavy atom. The fourth-order valence-electron chi connectivity index (χ4n) is 3.73. The number of esters is 1. The molecule has 0 unspecified atom stereocenters. The van der Waals surface area contributed by atoms with Crippen molar-refractivity contribution in [2.75, 3.05) is 25.6 Å². The van der Waals surface area contributed by atoms with Crippen LogP contribution in [0.2, 0.25) is 0 Å². The van der Waals surface area contributed by atoms with Crippen molar-refractivity contribution in [2.45, 2.75) is 32.0 Å². The molecule has 2 heterocycles. The van der Waals surface area contributed by atoms with Gasteiger partial charge in [0.1, 0.15) is 0 Å². The summed E-state index contributed by atoms with van der Waals surface area (Å²) in [5.74, 6) is -1.01. The number of pyridine rings is 1. The van der Waals surface area contributed by atoms with Crippen LogP contribution in [-0.4, -0.2) is 48.6 Å². The van der Waals surface area contributed by atoms with E-state index in [1.165, 1.54) is 7.11 Å². The number of hydrogen-bond acceptors (Lipinski definition) is 7. The second-order valence-corrected chi connectivity index (χ2v) is 7.34. The third kappa shape index (κ3) is 5.72. The van der Waals surface area contributed by atoms with Crippen molar-refractivity contribution in [1.82, 2.24) is 4.98 Å². The van der Waals surface area contributed by atoms with Crippen LogP contribution in [0.15, 0.2) is 60.6 Å². The molecule has 32 heavy (non-hydrogen) atoms. The minimum Gasteiger partial charge on any atom is -0.465 e. The highest BCUT2D eigenvalue weighted by atomic mass is 16.7. The van der Waals surface area contributed by atoms with Gasteiger partial charge in [-0.15, -0.1) is 0 Å². The Kier molecular flexibility index (Phi) is 8.35. The number of nitrogens with zero attached hydrogens (tertiary/aromatic N) is 1. The second kappa shape index (κ2) is 11.4. The summed E-state index contributed by atoms with van der Waals surface area (Å²) in [6, 6.07) is 10.5. The van der Waals surface area contributed by atoms with Crippen LogP contribution in [0.4, 0.5) is 5.69 Å². The summed E-state index contributed by atoms with van der Waals surface area (Å²) in [4.78, 5) is 28.7. The lowest BCUT2D eigenvalue weighted by Crippen LogP contribution is -2.37. The van der Waals surface area contributed by atoms with Crippen LogP contribution in [0, 0.1) is 5.92 Å². The van der Waals surface area contributed by atoms with E-state index in [-0.39, 0.29) is 24.2 Å². The van der Waals surface area contributed by atoms with Gasteiger partial charge in [-0.05, 0) is 55.7 Å². The van der Waals surface area contributed by atoms with Crippen LogP contribution in [0.5, 0.6) is 0 Å². The monoisotopic (exact) mass is 440 g/mol. The quantitative estimate of drug-likeness (QED) is 0.577. The van der Waals surface area contributed by atoms with Gasteiger partial charge in [0, 0.05) is 31.2 Å². The number of aliphatic hydroxyl groups excluding tert-OH is 1. The van der Waals surface area contributed by atoms with Crippen molar-refractivity contribution in [3.05, 3.63) is 71.8 Å². The summed E-state index contributed by atoms with van der Waals surface area (Å²) in [7, 11) is 1.34. The summed E-state index contributed by atoms with van der Waals surface area (Å²) in [5.41, 5.74) is 1.90. The average molecular weight is 440 g/mol. The summed E-state index contributed by atoms with van der Waals surface area (Å²) in [6.45, 7) is 2.31. The van der Waals surface area contributed by atoms with Crippen LogP contribution in [-0.2, 0) is 19.0 Å². The largest absolute Gasteiger partial charge is 0.465 e. The van der Waals surface area contributed by atoms with Crippen LogP contribution in [0.3, 0.4) is 0 Å². The van der Waals surface area contributed by atoms with Gasteiger partial charge in [0.2, 0.25) is 6.29 Å². The number of aliphatic hydroxyl groups is 1. The first-order valence-electron chi connectivity index (χ1n) is 10.6. The standard InChI is InChI=1S/C24H28N2O6/c1-3-31-24-19(7-5-13-27)20(16-8-10-17(11-9-16)23(29)30-2)14-21(32-24)22(28)26-18-6-4-12-25-15-18/h4,6,8-12,14-15,19-20,24,27H,3,5,7,13H2,1-2H3,(H,26,28)/t19-,20+,24+/m0/s1. The van der Waals surface area contributed by atoms with Crippen LogP contribution < -0.4 is 5.32 Å². The molecule has 170 valence electrons. The van der Waals surface area contributed by atoms with Crippen molar-refractivity contribution >= 4 is 17.6 Å². The fraction of sp³-hybridized carbons (Fsp3) is 0.375. The lowest BCUT2D eigenvalue weighted by atomic mass is 9.80. The Balaban J connectivity index is 1.94. The van der Waals surface area contributed by atoms with Crippen molar-refractivity contribution in [3.8, 4) is 0 Å². The van der Waals surface area contributed by atoms with Crippen LogP contribution >= 0.6 is 0 Å². The number of methoxy groups -OCH3 is 1. The third-order valence-corrected chi connectivity index (χ3v) is 5.27. The minimum absolute atomic E-state index is 0.0431. The number of nitrogens with one attached hydrogen (secondary N) is 1. The van der Waals surface area contributed by atoms with Crippen molar-refractivity contribution in [1.29, 1.82) is 0 Å². The SMILES string of the molecule is CCO[C@@H]1OC(C(=O)Nc2cccnc2)=C[C@H](c2ccc(C(=O)OC)cc2)[C@@H]1CCCO. The van der Waals surface area contributed by atoms with Gasteiger partial charge in [-0.3, -0.25) is 9.78 Å². The van der Waals surface area contributed by atoms with Gasteiger partial charge in [0.25, 0.3) is 5.91 Å². The van der Waals surface area contributed by atoms with Crippen LogP contribution in [0.25, 0.3) is 0 Å². The first-order chi connectivity index (χ1) is 15.6. The molecule has 8 heteroatoms. The summed E-state index contributed by atoms with van der Waals surface area (Å²) in [5, 5.41) is 12.2. The van der Waals surface area contributed by atoms with E-state index in [2.05, 4.69) is 10.3 Å². The van der Waals surface area contributed by atoms with Gasteiger partial charge < -0.3 is 24.6 Å². The molecule has 0 spiro atoms. The predicted molar refractivity (Wildman–Crippen MR) is 118 cm³/mol. The number of hydrogen-bond donors (Lipinski definition) is 2. The summed E-state index contributed by atoms with van der Waals surface area (Å²) in [6.07, 6.45) is 5.50. The maximum Gasteiger partial charge on any atom is 0.337 e. The zero-order valence-electron chi connectivity index (χ0n) is 18.2. The zero-order valence-corrected chi connectivity index (χ0v) is 18.2. The third-order valence-electron chi connectivity index (χ3n) is 5.27. The van der Waals surface area contributed by atoms with E-state index in [0.29, 0.717) is 30.7 Å². The van der Waals surface area contributed by atoms with Gasteiger partial charge >= 0.3 is 5.97 Å². The van der Waals surface area contributed by atoms with E-state index in [0.717, 1.165) is 5.56 Å². The smallest absolute Gasteiger partial charge is 0.337 e. The van der Waals surface area contributed by atoms with E-state index in [1.54, 1.807) is 42.7 Å². The molecular formula is C24H28N2O6. The molecule has 0 radical (unpaired) electrons. The van der Waals surface area contributed by atoms with Crippen molar-refractivity contribution in [2.24, 2.45) is 5.92 Å². The Hall–Kier alpha value is -3.23. The highest BCUT2D eigenvalue weighted by Crippen LogP contribution is 2.39. The first kappa shape index (κ1) is 23.4. The number of amides is 1. The molecule has 3 rings (SSSR count). The first-order valence-corrected chi connectivity index (χ1v) is 10.6. The number of ether oxygens (including phenoxy) is 3. The Bertz CT molecular complexity index is 929. The molecule has 1 amide bonds. The highest BCUT2D eigenvalue weighted by Gasteiger charge is 2.37. The number of rotatable bonds is 9. The predicted octanol–water partition coefficient (Wildman–Crippen LogP) is 3.26. The molecular weight excluding hydrogens is 412 g/mol. The molecule has 2 aromatic rings. The van der Waals surface area contributed by atoms with E-state index in [1.807, 2.05) is 19.1 Å². The van der Waals surface area contributed by atoms with Crippen molar-refractivity contribution < 1.29 is 28.9 Å². The average Bonchev–Trinajstić information content (AvgIpc) is 2.83. The van der Waals surface area contributed by atoms with E-state index in [4.69, 9.17) is 14.2 Å². The Morgan fingerprint density at radius 3 is 2.62 bits per heavy atom. The fourth-order valence-corrected chi connectivity index (χ4v) is 3.73. The second-order valence-electron chi connectivity index (χ2n) is 7.34. The maximum absolute atomic E-state index is 12.9. The van der Waals surface area contributed by atoms with E-state index < -0.39 is 18.2 Å². The normalized spacial score (nSPS) is 20.1. The minimum atomic E-state index is -0.656. The molecule has 0 saturated carbocycles. The highest BCUT2D eigenvalue weighted by molar-refractivity contribution is 6.02. The topological polar surface area (TPSA) is 107 Å². The van der Waals surface area contributed by atoms with E-state index in [9.17, 15) is 14.7 Å². The van der Waals surface area contributed by atoms with Gasteiger partial charge in [-0.2, -0.15) is 0 Å². The molecule has 1 aliphatic heterocycles. The maximum atomic E-state index is 12.9. The molecule has 0 bridgehead atoms. The van der Waals surface area contributed by atoms with Crippen molar-refractivity contribution in [3.63, 3.8) is 0 Å². The number of anilines is 1. The van der Waals surface area contributed by atoms with Gasteiger partial charge in [0.05, 0.1) is 24.6 Å². The number of carbonyl (C=O) groups is 2. The summed E-state index contributed by atoms with van der Waals surface area (Å²) >= 11 is 0. The molecule has 3 atom stereocenters. The zero-order chi connectivity index (χ0) is 22.9. The molecule has 0 saturated heterocycles. The lowest BCUT2D eigenvalue weighted by Gasteiger charge is -2.37. The molecule has 0 aliphatic carbocycles. The van der Waals surface area contributed by atoms with E-state index >= 15 is 0 Å². The number of allylic oxidation sites excluding steroid dienone is 1. The van der Waals surface area contributed by atoms with Gasteiger partial charge in [-0.25, -0.2) is 4.79 Å². The van der Waals surface area contributed by atoms with Gasteiger partial charge in [0.15, 0.2) is 5.76 Å². The lowest BCUT2D eigenvalue weighted by molar-refractivity contribution is -0.165. The molecule has 1 aliphatic rings. The number of carbonyl (C=O) groups excluding carboxylic acids is 2. The Labute approximate surface area is 187 Å². The molecule has 8 nitrogen and oxygen atoms in total. The molecule has 1 aromatic heterocycles. The number of aromatic nitrogens is 1. The van der Waals surface area contributed by atoms with Crippen LogP contribution in [0.1, 0.15) is 41.6 Å². The molecule has 1 aromatic carbocycles. The molecule has 2 N–H and O–H groups in total. The molecule has 0 fully saturated rings. The summed E-state index contributed by atoms with van der Waals surface area (Å²) < 4.78 is 16.6. The Morgan fingerprint density at radius 1 is 1.22 bits per heavy atom.